The number of hydrogen-bond acceptors (Lipinski definition) is 4. The molecule has 1 aromatic rings. The maximum Gasteiger partial charge on any atom is 0.241 e. The maximum atomic E-state index is 12.8. The van der Waals surface area contributed by atoms with Crippen molar-refractivity contribution in [1.82, 2.24) is 24.3 Å². The average molecular weight is 333 g/mol. The van der Waals surface area contributed by atoms with Gasteiger partial charge in [0.05, 0.1) is 18.5 Å². The number of carbonyl (C=O) groups is 2. The molecular weight excluding hydrogens is 306 g/mol. The molecule has 0 radical (unpaired) electrons. The van der Waals surface area contributed by atoms with Crippen LogP contribution in [0.2, 0.25) is 0 Å². The van der Waals surface area contributed by atoms with E-state index in [4.69, 9.17) is 0 Å². The lowest BCUT2D eigenvalue weighted by Gasteiger charge is -2.37. The molecule has 0 N–H and O–H groups in total. The number of imidazole rings is 1. The summed E-state index contributed by atoms with van der Waals surface area (Å²) in [6, 6.07) is 0. The first-order valence-corrected chi connectivity index (χ1v) is 8.59. The summed E-state index contributed by atoms with van der Waals surface area (Å²) in [5.41, 5.74) is -0.245. The van der Waals surface area contributed by atoms with Crippen molar-refractivity contribution in [3.8, 4) is 0 Å². The van der Waals surface area contributed by atoms with Crippen molar-refractivity contribution in [1.29, 1.82) is 0 Å². The van der Waals surface area contributed by atoms with Gasteiger partial charge >= 0.3 is 0 Å². The van der Waals surface area contributed by atoms with E-state index >= 15 is 0 Å². The lowest BCUT2D eigenvalue weighted by molar-refractivity contribution is -0.143. The number of aromatic nitrogens is 2. The Kier molecular flexibility index (Phi) is 4.62. The first kappa shape index (κ1) is 17.0. The van der Waals surface area contributed by atoms with Crippen molar-refractivity contribution >= 4 is 11.8 Å². The van der Waals surface area contributed by atoms with Crippen LogP contribution in [0.1, 0.15) is 25.1 Å². The molecule has 24 heavy (non-hydrogen) atoms. The minimum Gasteiger partial charge on any atom is -0.347 e. The fourth-order valence-corrected chi connectivity index (χ4v) is 3.70. The highest BCUT2D eigenvalue weighted by Crippen LogP contribution is 2.41. The van der Waals surface area contributed by atoms with Gasteiger partial charge in [-0.15, -0.1) is 0 Å². The van der Waals surface area contributed by atoms with Crippen LogP contribution in [0.3, 0.4) is 0 Å². The number of likely N-dealkylation sites (N-methyl/N-ethyl adjacent to an activating group) is 1. The zero-order chi connectivity index (χ0) is 17.3. The van der Waals surface area contributed by atoms with Crippen LogP contribution in [-0.4, -0.2) is 76.3 Å². The number of amides is 2. The topological polar surface area (TPSA) is 61.7 Å². The van der Waals surface area contributed by atoms with Gasteiger partial charge in [-0.1, -0.05) is 0 Å². The van der Waals surface area contributed by atoms with Gasteiger partial charge in [-0.3, -0.25) is 14.5 Å². The second kappa shape index (κ2) is 6.55. The number of likely N-dealkylation sites (tertiary alicyclic amines) is 2. The van der Waals surface area contributed by atoms with Gasteiger partial charge in [0.2, 0.25) is 11.8 Å². The van der Waals surface area contributed by atoms with Crippen LogP contribution in [0.25, 0.3) is 0 Å². The summed E-state index contributed by atoms with van der Waals surface area (Å²) in [4.78, 5) is 34.8. The smallest absolute Gasteiger partial charge is 0.241 e. The van der Waals surface area contributed by atoms with Crippen molar-refractivity contribution in [3.05, 3.63) is 18.2 Å². The monoisotopic (exact) mass is 333 g/mol. The van der Waals surface area contributed by atoms with Crippen LogP contribution in [0, 0.1) is 5.41 Å². The molecule has 0 aliphatic carbocycles. The molecule has 132 valence electrons. The molecule has 7 nitrogen and oxygen atoms in total. The van der Waals surface area contributed by atoms with Gasteiger partial charge in [0.15, 0.2) is 0 Å². The van der Waals surface area contributed by atoms with Crippen molar-refractivity contribution in [2.45, 2.75) is 25.8 Å². The second-order valence-corrected chi connectivity index (χ2v) is 7.28. The predicted octanol–water partition coefficient (Wildman–Crippen LogP) is 0.323. The number of nitrogens with zero attached hydrogens (tertiary/aromatic N) is 5. The molecule has 3 rings (SSSR count). The summed E-state index contributed by atoms with van der Waals surface area (Å²) in [5, 5.41) is 0. The molecule has 2 aliphatic heterocycles. The van der Waals surface area contributed by atoms with E-state index in [-0.39, 0.29) is 23.8 Å². The van der Waals surface area contributed by atoms with Crippen LogP contribution in [0.4, 0.5) is 0 Å². The van der Waals surface area contributed by atoms with Crippen LogP contribution in [0.15, 0.2) is 12.4 Å². The minimum absolute atomic E-state index is 0.00684. The average Bonchev–Trinajstić information content (AvgIpc) is 3.08. The van der Waals surface area contributed by atoms with Gasteiger partial charge in [-0.05, 0) is 32.4 Å². The van der Waals surface area contributed by atoms with Crippen LogP contribution in [-0.2, 0) is 23.2 Å². The molecule has 1 aromatic heterocycles. The molecule has 0 unspecified atom stereocenters. The standard InChI is InChI=1S/C17H27N5O2/c1-19(2)15(23)13-22-10-6-17(16(22)24)4-8-21(9-5-17)12-14-18-7-11-20(14)3/h7,11H,4-6,8-10,12-13H2,1-3H3. The first-order valence-electron chi connectivity index (χ1n) is 8.59. The van der Waals surface area contributed by atoms with Crippen LogP contribution < -0.4 is 0 Å². The molecule has 0 atom stereocenters. The van der Waals surface area contributed by atoms with Gasteiger partial charge in [-0.25, -0.2) is 4.98 Å². The normalized spacial score (nSPS) is 20.8. The van der Waals surface area contributed by atoms with E-state index in [1.165, 1.54) is 0 Å². The zero-order valence-electron chi connectivity index (χ0n) is 14.9. The van der Waals surface area contributed by atoms with E-state index < -0.39 is 0 Å². The molecule has 2 aliphatic rings. The SMILES string of the molecule is CN(C)C(=O)CN1CCC2(CCN(Cc3nccn3C)CC2)C1=O. The first-order chi connectivity index (χ1) is 11.4. The van der Waals surface area contributed by atoms with E-state index in [1.54, 1.807) is 23.9 Å². The third-order valence-corrected chi connectivity index (χ3v) is 5.53. The highest BCUT2D eigenvalue weighted by Gasteiger charge is 2.48. The van der Waals surface area contributed by atoms with Crippen LogP contribution >= 0.6 is 0 Å². The molecule has 2 fully saturated rings. The largest absolute Gasteiger partial charge is 0.347 e. The quantitative estimate of drug-likeness (QED) is 0.796. The molecule has 7 heteroatoms. The zero-order valence-corrected chi connectivity index (χ0v) is 14.9. The summed E-state index contributed by atoms with van der Waals surface area (Å²) >= 11 is 0. The number of rotatable bonds is 4. The number of piperidine rings is 1. The van der Waals surface area contributed by atoms with E-state index in [2.05, 4.69) is 9.88 Å². The Morgan fingerprint density at radius 1 is 1.25 bits per heavy atom. The fraction of sp³-hybridized carbons (Fsp3) is 0.706. The Morgan fingerprint density at radius 3 is 2.50 bits per heavy atom. The Hall–Kier alpha value is -1.89. The van der Waals surface area contributed by atoms with Gasteiger partial charge in [-0.2, -0.15) is 0 Å². The van der Waals surface area contributed by atoms with Gasteiger partial charge in [0.1, 0.15) is 5.82 Å². The van der Waals surface area contributed by atoms with E-state index in [1.807, 2.05) is 24.0 Å². The minimum atomic E-state index is -0.245. The summed E-state index contributed by atoms with van der Waals surface area (Å²) in [7, 11) is 5.47. The summed E-state index contributed by atoms with van der Waals surface area (Å²) in [6.07, 6.45) is 6.41. The van der Waals surface area contributed by atoms with E-state index in [9.17, 15) is 9.59 Å². The molecule has 0 bridgehead atoms. The molecule has 2 amide bonds. The predicted molar refractivity (Wildman–Crippen MR) is 90.0 cm³/mol. The molecular formula is C17H27N5O2. The second-order valence-electron chi connectivity index (χ2n) is 7.28. The third kappa shape index (κ3) is 3.17. The highest BCUT2D eigenvalue weighted by molar-refractivity contribution is 5.89. The number of aryl methyl sites for hydroxylation is 1. The lowest BCUT2D eigenvalue weighted by atomic mass is 9.77. The Bertz CT molecular complexity index is 616. The molecule has 0 aromatic carbocycles. The van der Waals surface area contributed by atoms with Crippen molar-refractivity contribution < 1.29 is 9.59 Å². The van der Waals surface area contributed by atoms with Crippen molar-refractivity contribution in [2.24, 2.45) is 12.5 Å². The van der Waals surface area contributed by atoms with Crippen molar-refractivity contribution in [3.63, 3.8) is 0 Å². The Morgan fingerprint density at radius 2 is 1.92 bits per heavy atom. The molecule has 2 saturated heterocycles. The lowest BCUT2D eigenvalue weighted by Crippen LogP contribution is -2.46. The van der Waals surface area contributed by atoms with E-state index in [0.29, 0.717) is 6.54 Å². The maximum absolute atomic E-state index is 12.8. The number of hydrogen-bond donors (Lipinski definition) is 0. The summed E-state index contributed by atoms with van der Waals surface area (Å²) in [6.45, 7) is 3.57. The van der Waals surface area contributed by atoms with Crippen LogP contribution in [0.5, 0.6) is 0 Å². The highest BCUT2D eigenvalue weighted by atomic mass is 16.2. The fourth-order valence-electron chi connectivity index (χ4n) is 3.70. The number of carbonyl (C=O) groups excluding carboxylic acids is 2. The van der Waals surface area contributed by atoms with Gasteiger partial charge in [0, 0.05) is 40.1 Å². The molecule has 1 spiro atoms. The van der Waals surface area contributed by atoms with E-state index in [0.717, 1.165) is 44.7 Å². The molecule has 0 saturated carbocycles. The molecule has 3 heterocycles. The van der Waals surface area contributed by atoms with Gasteiger partial charge in [0.25, 0.3) is 0 Å². The summed E-state index contributed by atoms with van der Waals surface area (Å²) < 4.78 is 2.04. The third-order valence-electron chi connectivity index (χ3n) is 5.53. The Labute approximate surface area is 143 Å². The van der Waals surface area contributed by atoms with Crippen molar-refractivity contribution in [2.75, 3.05) is 40.3 Å². The Balaban J connectivity index is 1.56. The van der Waals surface area contributed by atoms with Gasteiger partial charge < -0.3 is 14.4 Å². The summed E-state index contributed by atoms with van der Waals surface area (Å²) in [5.74, 6) is 1.23.